The van der Waals surface area contributed by atoms with E-state index in [1.165, 1.54) is 50.6 Å². The van der Waals surface area contributed by atoms with Gasteiger partial charge in [-0.25, -0.2) is 22.8 Å². The van der Waals surface area contributed by atoms with Crippen LogP contribution < -0.4 is 24.8 Å². The van der Waals surface area contributed by atoms with E-state index in [1.54, 1.807) is 54.6 Å². The molecule has 0 aliphatic carbocycles. The summed E-state index contributed by atoms with van der Waals surface area (Å²) in [6, 6.07) is 23.6. The molecule has 0 radical (unpaired) electrons. The van der Waals surface area contributed by atoms with Crippen LogP contribution in [0.4, 0.5) is 27.4 Å². The van der Waals surface area contributed by atoms with Gasteiger partial charge in [0.15, 0.2) is 11.6 Å². The second-order valence-electron chi connectivity index (χ2n) is 9.12. The smallest absolute Gasteiger partial charge is 0.263 e. The lowest BCUT2D eigenvalue weighted by Gasteiger charge is -2.15. The second kappa shape index (κ2) is 12.1. The Labute approximate surface area is 241 Å². The van der Waals surface area contributed by atoms with Gasteiger partial charge in [-0.15, -0.1) is 0 Å². The SMILES string of the molecule is COc1cc(Nc2nc3ccccc3nc2NS(=O)(=O)c2cccc(NC(=O)Cc3cccc(F)c3)c2)cc(OC)c1. The normalized spacial score (nSPS) is 11.1. The number of amides is 1. The summed E-state index contributed by atoms with van der Waals surface area (Å²) >= 11 is 0. The highest BCUT2D eigenvalue weighted by molar-refractivity contribution is 7.92. The maximum Gasteiger partial charge on any atom is 0.263 e. The number of methoxy groups -OCH3 is 2. The number of rotatable bonds is 10. The molecule has 5 aromatic rings. The lowest BCUT2D eigenvalue weighted by molar-refractivity contribution is -0.115. The van der Waals surface area contributed by atoms with Crippen LogP contribution in [0.3, 0.4) is 0 Å². The molecule has 0 fully saturated rings. The predicted octanol–water partition coefficient (Wildman–Crippen LogP) is 5.51. The van der Waals surface area contributed by atoms with Crippen molar-refractivity contribution >= 4 is 50.0 Å². The number of ether oxygens (including phenoxy) is 2. The first-order valence-corrected chi connectivity index (χ1v) is 14.1. The fourth-order valence-corrected chi connectivity index (χ4v) is 5.19. The Balaban J connectivity index is 1.43. The van der Waals surface area contributed by atoms with Crippen molar-refractivity contribution in [2.75, 3.05) is 29.6 Å². The predicted molar refractivity (Wildman–Crippen MR) is 158 cm³/mol. The molecule has 42 heavy (non-hydrogen) atoms. The maximum absolute atomic E-state index is 13.5. The Hall–Kier alpha value is -5.23. The third-order valence-electron chi connectivity index (χ3n) is 6.10. The van der Waals surface area contributed by atoms with Gasteiger partial charge in [-0.2, -0.15) is 0 Å². The highest BCUT2D eigenvalue weighted by Crippen LogP contribution is 2.31. The summed E-state index contributed by atoms with van der Waals surface area (Å²) in [5, 5.41) is 5.77. The first-order valence-electron chi connectivity index (χ1n) is 12.7. The summed E-state index contributed by atoms with van der Waals surface area (Å²) < 4.78 is 53.7. The minimum absolute atomic E-state index is 0.0453. The van der Waals surface area contributed by atoms with Gasteiger partial charge in [0.25, 0.3) is 10.0 Å². The summed E-state index contributed by atoms with van der Waals surface area (Å²) in [6.07, 6.45) is -0.0796. The van der Waals surface area contributed by atoms with Crippen LogP contribution in [0.15, 0.2) is 95.9 Å². The molecule has 214 valence electrons. The van der Waals surface area contributed by atoms with E-state index < -0.39 is 21.7 Å². The molecule has 5 rings (SSSR count). The van der Waals surface area contributed by atoms with Crippen molar-refractivity contribution in [1.29, 1.82) is 0 Å². The summed E-state index contributed by atoms with van der Waals surface area (Å²) in [5.74, 6) is 0.260. The molecule has 1 amide bonds. The standard InChI is InChI=1S/C30H26FN5O5S/c1-40-23-15-22(16-24(18-23)41-2)33-29-30(35-27-12-4-3-11-26(27)34-29)36-42(38,39)25-10-6-9-21(17-25)32-28(37)14-19-7-5-8-20(31)13-19/h3-13,15-18H,14H2,1-2H3,(H,32,37)(H,33,34)(H,35,36). The lowest BCUT2D eigenvalue weighted by Crippen LogP contribution is -2.17. The fraction of sp³-hybridized carbons (Fsp3) is 0.100. The monoisotopic (exact) mass is 587 g/mol. The number of benzene rings is 4. The number of hydrogen-bond acceptors (Lipinski definition) is 8. The van der Waals surface area contributed by atoms with Gasteiger partial charge < -0.3 is 20.1 Å². The second-order valence-corrected chi connectivity index (χ2v) is 10.8. The molecule has 0 aliphatic heterocycles. The first kappa shape index (κ1) is 28.3. The number of hydrogen-bond donors (Lipinski definition) is 3. The van der Waals surface area contributed by atoms with Gasteiger partial charge >= 0.3 is 0 Å². The number of aromatic nitrogens is 2. The molecule has 0 spiro atoms. The molecule has 0 saturated heterocycles. The molecule has 0 bridgehead atoms. The van der Waals surface area contributed by atoms with Gasteiger partial charge in [0.2, 0.25) is 5.91 Å². The fourth-order valence-electron chi connectivity index (χ4n) is 4.14. The van der Waals surface area contributed by atoms with E-state index >= 15 is 0 Å². The summed E-state index contributed by atoms with van der Waals surface area (Å²) in [7, 11) is -1.15. The van der Waals surface area contributed by atoms with Crippen LogP contribution in [-0.4, -0.2) is 38.5 Å². The number of halogens is 1. The molecule has 12 heteroatoms. The molecule has 10 nitrogen and oxygen atoms in total. The van der Waals surface area contributed by atoms with Gasteiger partial charge in [0.05, 0.1) is 36.6 Å². The van der Waals surface area contributed by atoms with Crippen molar-refractivity contribution in [1.82, 2.24) is 9.97 Å². The average Bonchev–Trinajstić information content (AvgIpc) is 2.97. The largest absolute Gasteiger partial charge is 0.497 e. The zero-order valence-electron chi connectivity index (χ0n) is 22.6. The van der Waals surface area contributed by atoms with E-state index in [0.29, 0.717) is 33.8 Å². The first-order chi connectivity index (χ1) is 20.2. The molecule has 1 aromatic heterocycles. The summed E-state index contributed by atoms with van der Waals surface area (Å²) in [5.41, 5.74) is 2.29. The number of anilines is 4. The van der Waals surface area contributed by atoms with Crippen molar-refractivity contribution in [3.63, 3.8) is 0 Å². The van der Waals surface area contributed by atoms with Gasteiger partial charge in [-0.1, -0.05) is 30.3 Å². The highest BCUT2D eigenvalue weighted by atomic mass is 32.2. The quantitative estimate of drug-likeness (QED) is 0.195. The van der Waals surface area contributed by atoms with Gasteiger partial charge in [-0.3, -0.25) is 9.52 Å². The lowest BCUT2D eigenvalue weighted by atomic mass is 10.1. The van der Waals surface area contributed by atoms with Crippen LogP contribution in [0.1, 0.15) is 5.56 Å². The van der Waals surface area contributed by atoms with Crippen LogP contribution in [-0.2, 0) is 21.2 Å². The highest BCUT2D eigenvalue weighted by Gasteiger charge is 2.20. The number of nitrogens with zero attached hydrogens (tertiary/aromatic N) is 2. The molecule has 3 N–H and O–H groups in total. The third-order valence-corrected chi connectivity index (χ3v) is 7.43. The molecule has 0 unspecified atom stereocenters. The van der Waals surface area contributed by atoms with Crippen LogP contribution >= 0.6 is 0 Å². The number of carbonyl (C=O) groups is 1. The number of carbonyl (C=O) groups excluding carboxylic acids is 1. The van der Waals surface area contributed by atoms with E-state index in [9.17, 15) is 17.6 Å². The van der Waals surface area contributed by atoms with E-state index in [-0.39, 0.29) is 28.6 Å². The maximum atomic E-state index is 13.5. The number of fused-ring (bicyclic) bond motifs is 1. The zero-order valence-corrected chi connectivity index (χ0v) is 23.4. The Morgan fingerprint density at radius 2 is 1.45 bits per heavy atom. The Morgan fingerprint density at radius 1 is 0.786 bits per heavy atom. The van der Waals surface area contributed by atoms with Crippen LogP contribution in [0.25, 0.3) is 11.0 Å². The minimum atomic E-state index is -4.19. The van der Waals surface area contributed by atoms with Crippen molar-refractivity contribution in [2.24, 2.45) is 0 Å². The zero-order chi connectivity index (χ0) is 29.7. The molecule has 4 aromatic carbocycles. The van der Waals surface area contributed by atoms with Crippen molar-refractivity contribution in [3.8, 4) is 11.5 Å². The number of sulfonamides is 1. The molecule has 0 atom stereocenters. The molecule has 1 heterocycles. The molecule has 0 aliphatic rings. The van der Waals surface area contributed by atoms with E-state index in [4.69, 9.17) is 9.47 Å². The Kier molecular flexibility index (Phi) is 8.16. The molecular weight excluding hydrogens is 561 g/mol. The average molecular weight is 588 g/mol. The minimum Gasteiger partial charge on any atom is -0.497 e. The summed E-state index contributed by atoms with van der Waals surface area (Å²) in [6.45, 7) is 0. The topological polar surface area (TPSA) is 132 Å². The Bertz CT molecular complexity index is 1860. The van der Waals surface area contributed by atoms with Crippen molar-refractivity contribution < 1.29 is 27.1 Å². The van der Waals surface area contributed by atoms with Crippen LogP contribution in [0.5, 0.6) is 11.5 Å². The third kappa shape index (κ3) is 6.73. The van der Waals surface area contributed by atoms with Crippen molar-refractivity contribution in [3.05, 3.63) is 102 Å². The molecular formula is C30H26FN5O5S. The van der Waals surface area contributed by atoms with E-state index in [2.05, 4.69) is 25.3 Å². The van der Waals surface area contributed by atoms with Crippen LogP contribution in [0, 0.1) is 5.82 Å². The van der Waals surface area contributed by atoms with E-state index in [0.717, 1.165) is 0 Å². The van der Waals surface area contributed by atoms with E-state index in [1.807, 2.05) is 0 Å². The Morgan fingerprint density at radius 3 is 2.12 bits per heavy atom. The summed E-state index contributed by atoms with van der Waals surface area (Å²) in [4.78, 5) is 21.5. The molecule has 0 saturated carbocycles. The van der Waals surface area contributed by atoms with Gasteiger partial charge in [-0.05, 0) is 48.0 Å². The van der Waals surface area contributed by atoms with Gasteiger partial charge in [0.1, 0.15) is 17.3 Å². The number of nitrogens with one attached hydrogen (secondary N) is 3. The number of para-hydroxylation sites is 2. The van der Waals surface area contributed by atoms with Gasteiger partial charge in [0, 0.05) is 29.6 Å². The van der Waals surface area contributed by atoms with Crippen LogP contribution in [0.2, 0.25) is 0 Å². The van der Waals surface area contributed by atoms with Crippen molar-refractivity contribution in [2.45, 2.75) is 11.3 Å².